The number of carbonyl (C=O) groups excluding carboxylic acids is 2. The molecule has 0 saturated heterocycles. The number of hydrogen-bond acceptors (Lipinski definition) is 6. The van der Waals surface area contributed by atoms with E-state index >= 15 is 0 Å². The van der Waals surface area contributed by atoms with Crippen LogP contribution in [-0.4, -0.2) is 47.6 Å². The molecule has 7 nitrogen and oxygen atoms in total. The first-order chi connectivity index (χ1) is 15.4. The normalized spacial score (nSPS) is 15.8. The number of benzene rings is 1. The molecule has 1 aromatic carbocycles. The van der Waals surface area contributed by atoms with Crippen molar-refractivity contribution in [3.05, 3.63) is 75.9 Å². The highest BCUT2D eigenvalue weighted by Crippen LogP contribution is 2.34. The Morgan fingerprint density at radius 1 is 1.19 bits per heavy atom. The van der Waals surface area contributed by atoms with Crippen molar-refractivity contribution in [3.8, 4) is 0 Å². The van der Waals surface area contributed by atoms with Crippen LogP contribution in [0.25, 0.3) is 0 Å². The number of nitrogens with zero attached hydrogens (tertiary/aromatic N) is 3. The van der Waals surface area contributed by atoms with Crippen LogP contribution in [-0.2, 0) is 9.59 Å². The molecule has 0 bridgehead atoms. The van der Waals surface area contributed by atoms with E-state index in [-0.39, 0.29) is 30.9 Å². The van der Waals surface area contributed by atoms with Gasteiger partial charge in [-0.1, -0.05) is 18.2 Å². The summed E-state index contributed by atoms with van der Waals surface area (Å²) in [6.07, 6.45) is 2.20. The van der Waals surface area contributed by atoms with Crippen molar-refractivity contribution >= 4 is 34.6 Å². The Kier molecular flexibility index (Phi) is 6.53. The Hall–Kier alpha value is -3.23. The predicted octanol–water partition coefficient (Wildman–Crippen LogP) is 4.21. The summed E-state index contributed by atoms with van der Waals surface area (Å²) in [5, 5.41) is 11.0. The summed E-state index contributed by atoms with van der Waals surface area (Å²) in [6.45, 7) is 4.15. The van der Waals surface area contributed by atoms with Crippen molar-refractivity contribution in [1.29, 1.82) is 0 Å². The summed E-state index contributed by atoms with van der Waals surface area (Å²) in [4.78, 5) is 28.4. The van der Waals surface area contributed by atoms with Crippen LogP contribution in [0.15, 0.2) is 63.6 Å². The second kappa shape index (κ2) is 9.50. The number of aryl methyl sites for hydroxylation is 1. The minimum atomic E-state index is -0.285. The summed E-state index contributed by atoms with van der Waals surface area (Å²) in [7, 11) is 1.75. The molecule has 3 heterocycles. The fraction of sp³-hybridized carbons (Fsp3) is 0.292. The molecule has 0 saturated carbocycles. The van der Waals surface area contributed by atoms with Crippen LogP contribution < -0.4 is 5.32 Å². The lowest BCUT2D eigenvalue weighted by molar-refractivity contribution is -0.134. The second-order valence-corrected chi connectivity index (χ2v) is 8.91. The third kappa shape index (κ3) is 4.81. The van der Waals surface area contributed by atoms with Crippen LogP contribution in [0, 0.1) is 13.8 Å². The monoisotopic (exact) mass is 450 g/mol. The predicted molar refractivity (Wildman–Crippen MR) is 126 cm³/mol. The Morgan fingerprint density at radius 2 is 2.03 bits per heavy atom. The molecule has 0 spiro atoms. The topological polar surface area (TPSA) is 78.2 Å². The molecular formula is C24H26N4O3S. The molecule has 0 radical (unpaired) electrons. The van der Waals surface area contributed by atoms with E-state index in [0.717, 1.165) is 27.4 Å². The minimum absolute atomic E-state index is 0.0681. The van der Waals surface area contributed by atoms with E-state index in [2.05, 4.69) is 10.4 Å². The molecular weight excluding hydrogens is 424 g/mol. The molecule has 1 N–H and O–H groups in total. The molecule has 0 aliphatic carbocycles. The minimum Gasteiger partial charge on any atom is -0.467 e. The van der Waals surface area contributed by atoms with E-state index in [4.69, 9.17) is 4.42 Å². The maximum atomic E-state index is 13.1. The third-order valence-electron chi connectivity index (χ3n) is 5.54. The van der Waals surface area contributed by atoms with E-state index in [1.165, 1.54) is 5.01 Å². The largest absolute Gasteiger partial charge is 0.467 e. The number of amides is 2. The second-order valence-electron chi connectivity index (χ2n) is 7.97. The molecule has 32 heavy (non-hydrogen) atoms. The number of hydrogen-bond donors (Lipinski definition) is 1. The lowest BCUT2D eigenvalue weighted by Crippen LogP contribution is -2.39. The van der Waals surface area contributed by atoms with Gasteiger partial charge in [0, 0.05) is 12.1 Å². The highest BCUT2D eigenvalue weighted by molar-refractivity contribution is 7.12. The smallest absolute Gasteiger partial charge is 0.257 e. The number of likely N-dealkylation sites (N-methyl/N-ethyl adjacent to an activating group) is 1. The van der Waals surface area contributed by atoms with E-state index in [0.29, 0.717) is 12.2 Å². The van der Waals surface area contributed by atoms with Crippen molar-refractivity contribution in [2.45, 2.75) is 26.3 Å². The van der Waals surface area contributed by atoms with E-state index in [9.17, 15) is 9.59 Å². The van der Waals surface area contributed by atoms with Crippen molar-refractivity contribution in [1.82, 2.24) is 9.91 Å². The van der Waals surface area contributed by atoms with Crippen LogP contribution in [0.1, 0.15) is 34.2 Å². The number of hydrazone groups is 1. The molecule has 3 aromatic rings. The van der Waals surface area contributed by atoms with Gasteiger partial charge in [0.15, 0.2) is 0 Å². The van der Waals surface area contributed by atoms with E-state index in [1.54, 1.807) is 29.5 Å². The summed E-state index contributed by atoms with van der Waals surface area (Å²) in [5.41, 5.74) is 3.81. The van der Waals surface area contributed by atoms with E-state index in [1.807, 2.05) is 61.7 Å². The number of thiophene rings is 1. The van der Waals surface area contributed by atoms with Crippen molar-refractivity contribution in [3.63, 3.8) is 0 Å². The molecule has 4 rings (SSSR count). The fourth-order valence-corrected chi connectivity index (χ4v) is 4.44. The Morgan fingerprint density at radius 3 is 2.75 bits per heavy atom. The molecule has 2 amide bonds. The van der Waals surface area contributed by atoms with E-state index < -0.39 is 0 Å². The zero-order valence-electron chi connectivity index (χ0n) is 18.4. The van der Waals surface area contributed by atoms with Gasteiger partial charge in [0.05, 0.1) is 29.9 Å². The Bertz CT molecular complexity index is 1120. The number of furan rings is 1. The molecule has 8 heteroatoms. The summed E-state index contributed by atoms with van der Waals surface area (Å²) in [6, 6.07) is 13.2. The number of carbonyl (C=O) groups is 2. The van der Waals surface area contributed by atoms with Crippen LogP contribution in [0.3, 0.4) is 0 Å². The zero-order valence-corrected chi connectivity index (χ0v) is 19.2. The van der Waals surface area contributed by atoms with Gasteiger partial charge in [0.2, 0.25) is 5.91 Å². The number of rotatable bonds is 7. The SMILES string of the molecule is Cc1cccc(NC(=O)CN(C)CC(=O)N2N=C(c3cccs3)CC2c2ccco2)c1C. The number of anilines is 1. The average molecular weight is 451 g/mol. The highest BCUT2D eigenvalue weighted by Gasteiger charge is 2.35. The van der Waals surface area contributed by atoms with Crippen molar-refractivity contribution in [2.24, 2.45) is 5.10 Å². The standard InChI is InChI=1S/C24H26N4O3S/c1-16-7-4-8-18(17(16)2)25-23(29)14-27(3)15-24(30)28-20(21-9-5-11-31-21)13-19(26-28)22-10-6-12-32-22/h4-12,20H,13-15H2,1-3H3,(H,25,29). The van der Waals surface area contributed by atoms with Gasteiger partial charge >= 0.3 is 0 Å². The first kappa shape index (κ1) is 22.0. The van der Waals surface area contributed by atoms with Gasteiger partial charge in [-0.15, -0.1) is 11.3 Å². The maximum Gasteiger partial charge on any atom is 0.257 e. The molecule has 166 valence electrons. The Balaban J connectivity index is 1.41. The van der Waals surface area contributed by atoms with Gasteiger partial charge in [-0.3, -0.25) is 14.5 Å². The summed E-state index contributed by atoms with van der Waals surface area (Å²) in [5.74, 6) is 0.352. The average Bonchev–Trinajstić information content (AvgIpc) is 3.52. The summed E-state index contributed by atoms with van der Waals surface area (Å²) >= 11 is 1.60. The van der Waals surface area contributed by atoms with Crippen molar-refractivity contribution in [2.75, 3.05) is 25.5 Å². The van der Waals surface area contributed by atoms with Gasteiger partial charge in [-0.2, -0.15) is 5.10 Å². The lowest BCUT2D eigenvalue weighted by Gasteiger charge is -2.23. The lowest BCUT2D eigenvalue weighted by atomic mass is 10.1. The van der Waals surface area contributed by atoms with Crippen LogP contribution in [0.5, 0.6) is 0 Å². The number of nitrogens with one attached hydrogen (secondary N) is 1. The molecule has 1 aliphatic heterocycles. The first-order valence-electron chi connectivity index (χ1n) is 10.4. The Labute approximate surface area is 191 Å². The zero-order chi connectivity index (χ0) is 22.7. The fourth-order valence-electron chi connectivity index (χ4n) is 3.72. The molecule has 1 aliphatic rings. The molecule has 1 unspecified atom stereocenters. The van der Waals surface area contributed by atoms with Gasteiger partial charge in [-0.05, 0) is 61.7 Å². The van der Waals surface area contributed by atoms with Gasteiger partial charge in [-0.25, -0.2) is 5.01 Å². The van der Waals surface area contributed by atoms with Crippen LogP contribution in [0.2, 0.25) is 0 Å². The molecule has 1 atom stereocenters. The van der Waals surface area contributed by atoms with Crippen LogP contribution in [0.4, 0.5) is 5.69 Å². The van der Waals surface area contributed by atoms with Crippen LogP contribution >= 0.6 is 11.3 Å². The molecule has 0 fully saturated rings. The third-order valence-corrected chi connectivity index (χ3v) is 6.46. The molecule has 2 aromatic heterocycles. The first-order valence-corrected chi connectivity index (χ1v) is 11.3. The highest BCUT2D eigenvalue weighted by atomic mass is 32.1. The van der Waals surface area contributed by atoms with Gasteiger partial charge in [0.1, 0.15) is 11.8 Å². The van der Waals surface area contributed by atoms with Crippen molar-refractivity contribution < 1.29 is 14.0 Å². The quantitative estimate of drug-likeness (QED) is 0.585. The summed E-state index contributed by atoms with van der Waals surface area (Å²) < 4.78 is 5.58. The van der Waals surface area contributed by atoms with Gasteiger partial charge in [0.25, 0.3) is 5.91 Å². The maximum absolute atomic E-state index is 13.1. The van der Waals surface area contributed by atoms with Gasteiger partial charge < -0.3 is 9.73 Å².